The number of carbonyl (C=O) groups excluding carboxylic acids is 1. The molecule has 0 spiro atoms. The summed E-state index contributed by atoms with van der Waals surface area (Å²) in [5.41, 5.74) is 1.39. The van der Waals surface area contributed by atoms with E-state index in [2.05, 4.69) is 23.7 Å². The van der Waals surface area contributed by atoms with Gasteiger partial charge in [0.05, 0.1) is 34.0 Å². The SMILES string of the molecule is CCCCC(C(=O)C#Cc1ccc(OC)c(OC)c1)=C(O)C#Cc1ccc(OC)c(OC)c1. The quantitative estimate of drug-likeness (QED) is 0.359. The van der Waals surface area contributed by atoms with E-state index in [1.165, 1.54) is 14.2 Å². The largest absolute Gasteiger partial charge is 0.500 e. The first-order chi connectivity index (χ1) is 16.0. The van der Waals surface area contributed by atoms with Gasteiger partial charge < -0.3 is 24.1 Å². The normalized spacial score (nSPS) is 10.6. The molecule has 0 aliphatic heterocycles. The van der Waals surface area contributed by atoms with Crippen LogP contribution in [0, 0.1) is 23.7 Å². The van der Waals surface area contributed by atoms with E-state index in [0.29, 0.717) is 40.5 Å². The average molecular weight is 449 g/mol. The highest BCUT2D eigenvalue weighted by molar-refractivity contribution is 6.09. The lowest BCUT2D eigenvalue weighted by atomic mass is 10.0. The van der Waals surface area contributed by atoms with E-state index in [1.54, 1.807) is 50.6 Å². The molecule has 2 aromatic carbocycles. The molecule has 6 heteroatoms. The third kappa shape index (κ3) is 6.98. The Morgan fingerprint density at radius 1 is 0.788 bits per heavy atom. The molecule has 0 radical (unpaired) electrons. The van der Waals surface area contributed by atoms with Crippen LogP contribution < -0.4 is 18.9 Å². The van der Waals surface area contributed by atoms with Crippen molar-refractivity contribution in [3.63, 3.8) is 0 Å². The van der Waals surface area contributed by atoms with E-state index < -0.39 is 5.78 Å². The average Bonchev–Trinajstić information content (AvgIpc) is 2.85. The third-order valence-electron chi connectivity index (χ3n) is 4.75. The summed E-state index contributed by atoms with van der Waals surface area (Å²) in [7, 11) is 6.15. The number of ether oxygens (including phenoxy) is 4. The number of Topliss-reactive ketones (excluding diaryl/α,β-unsaturated/α-hetero) is 1. The smallest absolute Gasteiger partial charge is 0.236 e. The Kier molecular flexibility index (Phi) is 9.74. The van der Waals surface area contributed by atoms with Gasteiger partial charge in [0.15, 0.2) is 28.8 Å². The molecule has 6 nitrogen and oxygen atoms in total. The number of aliphatic hydroxyl groups excluding tert-OH is 1. The molecule has 1 N–H and O–H groups in total. The number of hydrogen-bond donors (Lipinski definition) is 1. The Morgan fingerprint density at radius 2 is 1.27 bits per heavy atom. The molecule has 0 bridgehead atoms. The molecule has 0 amide bonds. The predicted molar refractivity (Wildman–Crippen MR) is 127 cm³/mol. The van der Waals surface area contributed by atoms with E-state index in [1.807, 2.05) is 6.92 Å². The molecule has 0 atom stereocenters. The first kappa shape index (κ1) is 25.2. The lowest BCUT2D eigenvalue weighted by Crippen LogP contribution is -2.04. The van der Waals surface area contributed by atoms with Gasteiger partial charge in [-0.2, -0.15) is 0 Å². The standard InChI is InChI=1S/C27H28O6/c1-6-7-8-21(22(28)13-9-19-11-15-24(30-2)26(17-19)32-4)23(29)14-10-20-12-16-25(31-3)27(18-20)33-5/h11-12,15-18,28H,6-8H2,1-5H3. The van der Waals surface area contributed by atoms with Crippen molar-refractivity contribution in [1.29, 1.82) is 0 Å². The van der Waals surface area contributed by atoms with Crippen LogP contribution in [0.15, 0.2) is 47.7 Å². The second-order valence-corrected chi connectivity index (χ2v) is 6.90. The van der Waals surface area contributed by atoms with Crippen molar-refractivity contribution in [3.05, 3.63) is 58.9 Å². The molecule has 172 valence electrons. The lowest BCUT2D eigenvalue weighted by molar-refractivity contribution is -0.110. The van der Waals surface area contributed by atoms with E-state index in [4.69, 9.17) is 18.9 Å². The van der Waals surface area contributed by atoms with Crippen LogP contribution in [0.3, 0.4) is 0 Å². The molecule has 0 aromatic heterocycles. The second-order valence-electron chi connectivity index (χ2n) is 6.90. The molecular weight excluding hydrogens is 420 g/mol. The molecule has 0 aliphatic carbocycles. The van der Waals surface area contributed by atoms with Gasteiger partial charge in [0.2, 0.25) is 5.78 Å². The minimum absolute atomic E-state index is 0.192. The number of aliphatic hydroxyl groups is 1. The molecule has 33 heavy (non-hydrogen) atoms. The van der Waals surface area contributed by atoms with Gasteiger partial charge in [0.1, 0.15) is 0 Å². The van der Waals surface area contributed by atoms with Gasteiger partial charge in [-0.05, 0) is 61.1 Å². The third-order valence-corrected chi connectivity index (χ3v) is 4.75. The molecule has 0 heterocycles. The van der Waals surface area contributed by atoms with Crippen molar-refractivity contribution in [2.24, 2.45) is 0 Å². The van der Waals surface area contributed by atoms with Gasteiger partial charge in [-0.15, -0.1) is 0 Å². The van der Waals surface area contributed by atoms with Crippen LogP contribution in [-0.4, -0.2) is 39.3 Å². The van der Waals surface area contributed by atoms with E-state index >= 15 is 0 Å². The fourth-order valence-corrected chi connectivity index (χ4v) is 2.93. The number of hydrogen-bond acceptors (Lipinski definition) is 6. The summed E-state index contributed by atoms with van der Waals surface area (Å²) in [6, 6.07) is 10.3. The first-order valence-electron chi connectivity index (χ1n) is 10.4. The highest BCUT2D eigenvalue weighted by Crippen LogP contribution is 2.28. The summed E-state index contributed by atoms with van der Waals surface area (Å²) in [5.74, 6) is 12.4. The molecule has 0 fully saturated rings. The number of carbonyl (C=O) groups is 1. The maximum absolute atomic E-state index is 12.8. The molecule has 0 aliphatic rings. The second kappa shape index (κ2) is 12.7. The van der Waals surface area contributed by atoms with Gasteiger partial charge in [0, 0.05) is 11.1 Å². The minimum atomic E-state index is -0.475. The highest BCUT2D eigenvalue weighted by Gasteiger charge is 2.12. The van der Waals surface area contributed by atoms with Crippen molar-refractivity contribution < 1.29 is 28.8 Å². The zero-order chi connectivity index (χ0) is 24.2. The summed E-state index contributed by atoms with van der Waals surface area (Å²) < 4.78 is 21.0. The van der Waals surface area contributed by atoms with Crippen LogP contribution in [0.5, 0.6) is 23.0 Å². The topological polar surface area (TPSA) is 74.2 Å². The van der Waals surface area contributed by atoms with Gasteiger partial charge in [-0.25, -0.2) is 0 Å². The fraction of sp³-hybridized carbons (Fsp3) is 0.296. The molecule has 2 rings (SSSR count). The molecule has 0 unspecified atom stereocenters. The van der Waals surface area contributed by atoms with Crippen molar-refractivity contribution >= 4 is 5.78 Å². The Balaban J connectivity index is 2.35. The minimum Gasteiger partial charge on any atom is -0.500 e. The first-order valence-corrected chi connectivity index (χ1v) is 10.4. The summed E-state index contributed by atoms with van der Waals surface area (Å²) in [4.78, 5) is 12.8. The summed E-state index contributed by atoms with van der Waals surface area (Å²) in [6.07, 6.45) is 1.96. The van der Waals surface area contributed by atoms with Crippen molar-refractivity contribution in [1.82, 2.24) is 0 Å². The molecule has 2 aromatic rings. The van der Waals surface area contributed by atoms with E-state index in [0.717, 1.165) is 12.8 Å². The monoisotopic (exact) mass is 448 g/mol. The van der Waals surface area contributed by atoms with Crippen molar-refractivity contribution in [2.75, 3.05) is 28.4 Å². The summed E-state index contributed by atoms with van der Waals surface area (Å²) in [6.45, 7) is 2.00. The number of allylic oxidation sites excluding steroid dienone is 2. The van der Waals surface area contributed by atoms with Crippen LogP contribution >= 0.6 is 0 Å². The molecular formula is C27H28O6. The Bertz CT molecular complexity index is 1140. The summed E-state index contributed by atoms with van der Waals surface area (Å²) >= 11 is 0. The predicted octanol–water partition coefficient (Wildman–Crippen LogP) is 4.70. The zero-order valence-electron chi connectivity index (χ0n) is 19.6. The maximum atomic E-state index is 12.8. The fourth-order valence-electron chi connectivity index (χ4n) is 2.93. The zero-order valence-corrected chi connectivity index (χ0v) is 19.6. The number of benzene rings is 2. The van der Waals surface area contributed by atoms with E-state index in [9.17, 15) is 9.90 Å². The summed E-state index contributed by atoms with van der Waals surface area (Å²) in [5, 5.41) is 10.6. The van der Waals surface area contributed by atoms with Gasteiger partial charge in [0.25, 0.3) is 0 Å². The van der Waals surface area contributed by atoms with Crippen LogP contribution in [0.25, 0.3) is 0 Å². The highest BCUT2D eigenvalue weighted by atomic mass is 16.5. The Morgan fingerprint density at radius 3 is 1.73 bits per heavy atom. The van der Waals surface area contributed by atoms with E-state index in [-0.39, 0.29) is 11.3 Å². The van der Waals surface area contributed by atoms with Crippen LogP contribution in [0.2, 0.25) is 0 Å². The van der Waals surface area contributed by atoms with Crippen molar-refractivity contribution in [2.45, 2.75) is 26.2 Å². The Labute approximate surface area is 195 Å². The van der Waals surface area contributed by atoms with Crippen LogP contribution in [0.4, 0.5) is 0 Å². The number of methoxy groups -OCH3 is 4. The van der Waals surface area contributed by atoms with Crippen LogP contribution in [0.1, 0.15) is 37.3 Å². The van der Waals surface area contributed by atoms with Crippen LogP contribution in [-0.2, 0) is 4.79 Å². The number of ketones is 1. The number of unbranched alkanes of at least 4 members (excludes halogenated alkanes) is 1. The van der Waals surface area contributed by atoms with Gasteiger partial charge in [-0.3, -0.25) is 4.79 Å². The molecule has 0 saturated carbocycles. The van der Waals surface area contributed by atoms with Gasteiger partial charge >= 0.3 is 0 Å². The van der Waals surface area contributed by atoms with Gasteiger partial charge in [-0.1, -0.05) is 25.2 Å². The molecule has 0 saturated heterocycles. The lowest BCUT2D eigenvalue weighted by Gasteiger charge is -2.07. The Hall–Kier alpha value is -4.03. The maximum Gasteiger partial charge on any atom is 0.236 e. The van der Waals surface area contributed by atoms with Crippen molar-refractivity contribution in [3.8, 4) is 46.7 Å². The number of rotatable bonds is 8.